The maximum Gasteiger partial charge on any atom is 0.261 e. The molecular weight excluding hydrogens is 288 g/mol. The van der Waals surface area contributed by atoms with Crippen molar-refractivity contribution in [2.24, 2.45) is 11.7 Å². The van der Waals surface area contributed by atoms with E-state index in [1.165, 1.54) is 0 Å². The number of carbonyl (C=O) groups is 1. The van der Waals surface area contributed by atoms with Gasteiger partial charge in [-0.2, -0.15) is 0 Å². The van der Waals surface area contributed by atoms with Crippen LogP contribution in [-0.4, -0.2) is 24.1 Å². The van der Waals surface area contributed by atoms with E-state index in [1.54, 1.807) is 13.0 Å². The maximum absolute atomic E-state index is 12.3. The van der Waals surface area contributed by atoms with Crippen molar-refractivity contribution >= 4 is 17.5 Å². The third-order valence-corrected chi connectivity index (χ3v) is 4.38. The van der Waals surface area contributed by atoms with Gasteiger partial charge in [-0.25, -0.2) is 0 Å². The number of rotatable bonds is 6. The summed E-state index contributed by atoms with van der Waals surface area (Å²) >= 11 is 6.09. The van der Waals surface area contributed by atoms with Crippen LogP contribution in [0.4, 0.5) is 0 Å². The summed E-state index contributed by atoms with van der Waals surface area (Å²) in [5.74, 6) is 0.842. The molecule has 5 heteroatoms. The van der Waals surface area contributed by atoms with E-state index in [2.05, 4.69) is 5.32 Å². The van der Waals surface area contributed by atoms with Crippen molar-refractivity contribution < 1.29 is 9.53 Å². The van der Waals surface area contributed by atoms with Crippen LogP contribution in [0.3, 0.4) is 0 Å². The molecule has 1 aromatic rings. The molecule has 21 heavy (non-hydrogen) atoms. The largest absolute Gasteiger partial charge is 0.479 e. The molecule has 1 amide bonds. The Hall–Kier alpha value is -1.26. The van der Waals surface area contributed by atoms with Gasteiger partial charge in [0.05, 0.1) is 10.6 Å². The Bertz CT molecular complexity index is 531. The number of nitrogens with one attached hydrogen (secondary N) is 1. The summed E-state index contributed by atoms with van der Waals surface area (Å²) in [7, 11) is 0. The molecule has 3 N–H and O–H groups in total. The van der Waals surface area contributed by atoms with Crippen molar-refractivity contribution in [3.8, 4) is 5.75 Å². The Kier molecular flexibility index (Phi) is 4.79. The summed E-state index contributed by atoms with van der Waals surface area (Å²) in [5.41, 5.74) is 6.51. The number of nitrogens with two attached hydrogens (primary N) is 1. The van der Waals surface area contributed by atoms with E-state index >= 15 is 0 Å². The normalized spacial score (nSPS) is 18.7. The summed E-state index contributed by atoms with van der Waals surface area (Å²) in [6.45, 7) is 6.10. The lowest BCUT2D eigenvalue weighted by Gasteiger charge is -2.31. The van der Waals surface area contributed by atoms with Gasteiger partial charge in [0, 0.05) is 6.54 Å². The number of amides is 1. The Morgan fingerprint density at radius 3 is 2.81 bits per heavy atom. The summed E-state index contributed by atoms with van der Waals surface area (Å²) in [5, 5.41) is 3.53. The first-order valence-electron chi connectivity index (χ1n) is 7.30. The van der Waals surface area contributed by atoms with Gasteiger partial charge < -0.3 is 15.8 Å². The Balaban J connectivity index is 2.00. The number of benzene rings is 1. The number of aryl methyl sites for hydroxylation is 1. The van der Waals surface area contributed by atoms with Gasteiger partial charge in [0.15, 0.2) is 6.10 Å². The Morgan fingerprint density at radius 1 is 1.57 bits per heavy atom. The minimum absolute atomic E-state index is 0.160. The van der Waals surface area contributed by atoms with Gasteiger partial charge in [-0.3, -0.25) is 4.79 Å². The van der Waals surface area contributed by atoms with Gasteiger partial charge in [-0.15, -0.1) is 0 Å². The first kappa shape index (κ1) is 16.1. The molecule has 1 fully saturated rings. The molecule has 1 aliphatic rings. The van der Waals surface area contributed by atoms with Gasteiger partial charge in [0.1, 0.15) is 5.75 Å². The Morgan fingerprint density at radius 2 is 2.24 bits per heavy atom. The third-order valence-electron chi connectivity index (χ3n) is 4.07. The molecule has 2 rings (SSSR count). The van der Waals surface area contributed by atoms with Crippen LogP contribution in [0.15, 0.2) is 18.2 Å². The second kappa shape index (κ2) is 6.24. The summed E-state index contributed by atoms with van der Waals surface area (Å²) in [6.07, 6.45) is 1.62. The highest BCUT2D eigenvalue weighted by Gasteiger charge is 2.42. The van der Waals surface area contributed by atoms with Crippen molar-refractivity contribution in [2.45, 2.75) is 45.3 Å². The van der Waals surface area contributed by atoms with Crippen molar-refractivity contribution in [1.29, 1.82) is 0 Å². The second-order valence-corrected chi connectivity index (χ2v) is 6.49. The van der Waals surface area contributed by atoms with Crippen LogP contribution in [0.5, 0.6) is 5.75 Å². The molecule has 0 bridgehead atoms. The van der Waals surface area contributed by atoms with E-state index in [4.69, 9.17) is 22.1 Å². The molecule has 0 aliphatic heterocycles. The van der Waals surface area contributed by atoms with Crippen LogP contribution in [0, 0.1) is 12.8 Å². The van der Waals surface area contributed by atoms with Crippen LogP contribution < -0.4 is 15.8 Å². The molecule has 1 aromatic carbocycles. The first-order valence-corrected chi connectivity index (χ1v) is 7.68. The molecule has 2 atom stereocenters. The lowest BCUT2D eigenvalue weighted by Crippen LogP contribution is -2.56. The zero-order valence-electron chi connectivity index (χ0n) is 12.8. The number of ether oxygens (including phenoxy) is 1. The molecular formula is C16H23ClN2O2. The molecule has 0 heterocycles. The molecule has 4 nitrogen and oxygen atoms in total. The van der Waals surface area contributed by atoms with E-state index in [0.29, 0.717) is 23.2 Å². The van der Waals surface area contributed by atoms with E-state index in [0.717, 1.165) is 18.4 Å². The van der Waals surface area contributed by atoms with Crippen LogP contribution in [0.2, 0.25) is 5.02 Å². The SMILES string of the molecule is Cc1ccc(Cl)c(OC(C)C(=O)NC(C)(CN)C2CC2)c1. The Labute approximate surface area is 131 Å². The van der Waals surface area contributed by atoms with Gasteiger partial charge in [-0.05, 0) is 57.2 Å². The van der Waals surface area contributed by atoms with Gasteiger partial charge in [0.2, 0.25) is 0 Å². The quantitative estimate of drug-likeness (QED) is 0.849. The highest BCUT2D eigenvalue weighted by molar-refractivity contribution is 6.32. The molecule has 2 unspecified atom stereocenters. The van der Waals surface area contributed by atoms with E-state index in [1.807, 2.05) is 26.0 Å². The average Bonchev–Trinajstić information content (AvgIpc) is 3.27. The topological polar surface area (TPSA) is 64.3 Å². The number of carbonyl (C=O) groups excluding carboxylic acids is 1. The summed E-state index contributed by atoms with van der Waals surface area (Å²) in [6, 6.07) is 5.50. The van der Waals surface area contributed by atoms with Crippen LogP contribution >= 0.6 is 11.6 Å². The van der Waals surface area contributed by atoms with Crippen molar-refractivity contribution in [3.05, 3.63) is 28.8 Å². The third kappa shape index (κ3) is 3.89. The summed E-state index contributed by atoms with van der Waals surface area (Å²) < 4.78 is 5.69. The average molecular weight is 311 g/mol. The highest BCUT2D eigenvalue weighted by Crippen LogP contribution is 2.39. The smallest absolute Gasteiger partial charge is 0.261 e. The van der Waals surface area contributed by atoms with Crippen LogP contribution in [-0.2, 0) is 4.79 Å². The minimum atomic E-state index is -0.617. The predicted octanol–water partition coefficient (Wildman–Crippen LogP) is 2.66. The molecule has 1 saturated carbocycles. The van der Waals surface area contributed by atoms with Crippen LogP contribution in [0.25, 0.3) is 0 Å². The molecule has 1 aliphatic carbocycles. The monoisotopic (exact) mass is 310 g/mol. The molecule has 0 aromatic heterocycles. The molecule has 0 radical (unpaired) electrons. The zero-order chi connectivity index (χ0) is 15.6. The molecule has 116 valence electrons. The first-order chi connectivity index (χ1) is 9.85. The fourth-order valence-corrected chi connectivity index (χ4v) is 2.53. The molecule has 0 saturated heterocycles. The van der Waals surface area contributed by atoms with Crippen molar-refractivity contribution in [3.63, 3.8) is 0 Å². The molecule has 0 spiro atoms. The standard InChI is InChI=1S/C16H23ClN2O2/c1-10-4-7-13(17)14(8-10)21-11(2)15(20)19-16(3,9-18)12-5-6-12/h4,7-8,11-12H,5-6,9,18H2,1-3H3,(H,19,20). The van der Waals surface area contributed by atoms with Gasteiger partial charge >= 0.3 is 0 Å². The van der Waals surface area contributed by atoms with Crippen molar-refractivity contribution in [2.75, 3.05) is 6.54 Å². The number of hydrogen-bond acceptors (Lipinski definition) is 3. The van der Waals surface area contributed by atoms with E-state index < -0.39 is 6.10 Å². The zero-order valence-corrected chi connectivity index (χ0v) is 13.5. The second-order valence-electron chi connectivity index (χ2n) is 6.08. The van der Waals surface area contributed by atoms with Crippen molar-refractivity contribution in [1.82, 2.24) is 5.32 Å². The fourth-order valence-electron chi connectivity index (χ4n) is 2.37. The lowest BCUT2D eigenvalue weighted by molar-refractivity contribution is -0.129. The number of hydrogen-bond donors (Lipinski definition) is 2. The fraction of sp³-hybridized carbons (Fsp3) is 0.562. The van der Waals surface area contributed by atoms with Gasteiger partial charge in [-0.1, -0.05) is 17.7 Å². The van der Waals surface area contributed by atoms with E-state index in [9.17, 15) is 4.79 Å². The van der Waals surface area contributed by atoms with E-state index in [-0.39, 0.29) is 11.4 Å². The van der Waals surface area contributed by atoms with Gasteiger partial charge in [0.25, 0.3) is 5.91 Å². The predicted molar refractivity (Wildman–Crippen MR) is 84.6 cm³/mol. The highest BCUT2D eigenvalue weighted by atomic mass is 35.5. The number of halogens is 1. The van der Waals surface area contributed by atoms with Crippen LogP contribution in [0.1, 0.15) is 32.3 Å². The maximum atomic E-state index is 12.3. The minimum Gasteiger partial charge on any atom is -0.479 e. The lowest BCUT2D eigenvalue weighted by atomic mass is 9.95. The summed E-state index contributed by atoms with van der Waals surface area (Å²) in [4.78, 5) is 12.3.